The molecule has 1 unspecified atom stereocenters. The van der Waals surface area contributed by atoms with Gasteiger partial charge in [-0.25, -0.2) is 4.79 Å². The number of nitrogens with zero attached hydrogens (tertiary/aromatic N) is 1. The predicted octanol–water partition coefficient (Wildman–Crippen LogP) is 1.28. The van der Waals surface area contributed by atoms with Crippen molar-refractivity contribution < 1.29 is 18.3 Å². The first-order valence-electron chi connectivity index (χ1n) is 4.76. The molecule has 0 saturated carbocycles. The first kappa shape index (κ1) is 11.4. The number of hydrogen-bond donors (Lipinski definition) is 0. The van der Waals surface area contributed by atoms with Crippen molar-refractivity contribution in [2.75, 3.05) is 19.7 Å². The van der Waals surface area contributed by atoms with Gasteiger partial charge in [-0.15, -0.1) is 0 Å². The number of carbonyl (C=O) groups is 1. The maximum Gasteiger partial charge on any atom is 0.378 e. The van der Waals surface area contributed by atoms with Crippen LogP contribution < -0.4 is 0 Å². The number of likely N-dealkylation sites (tertiary alicyclic amines) is 1. The number of rotatable bonds is 4. The van der Waals surface area contributed by atoms with Crippen LogP contribution in [0.4, 0.5) is 8.78 Å². The Morgan fingerprint density at radius 3 is 2.64 bits per heavy atom. The Morgan fingerprint density at radius 2 is 2.29 bits per heavy atom. The second kappa shape index (κ2) is 4.21. The van der Waals surface area contributed by atoms with E-state index in [0.29, 0.717) is 6.54 Å². The average Bonchev–Trinajstić information content (AvgIpc) is 2.12. The summed E-state index contributed by atoms with van der Waals surface area (Å²) in [5, 5.41) is 0. The van der Waals surface area contributed by atoms with Crippen LogP contribution in [-0.2, 0) is 9.53 Å². The smallest absolute Gasteiger partial charge is 0.378 e. The summed E-state index contributed by atoms with van der Waals surface area (Å²) in [7, 11) is 0. The van der Waals surface area contributed by atoms with Gasteiger partial charge in [-0.05, 0) is 20.3 Å². The molecule has 0 amide bonds. The third-order valence-electron chi connectivity index (χ3n) is 2.43. The van der Waals surface area contributed by atoms with Crippen molar-refractivity contribution in [1.29, 1.82) is 0 Å². The Kier molecular flexibility index (Phi) is 3.42. The molecule has 0 radical (unpaired) electrons. The van der Waals surface area contributed by atoms with Crippen LogP contribution in [0.2, 0.25) is 0 Å². The second-order valence-electron chi connectivity index (χ2n) is 3.53. The minimum absolute atomic E-state index is 0.00994. The molecule has 14 heavy (non-hydrogen) atoms. The summed E-state index contributed by atoms with van der Waals surface area (Å²) < 4.78 is 30.6. The van der Waals surface area contributed by atoms with Crippen LogP contribution in [0.25, 0.3) is 0 Å². The molecule has 0 aliphatic carbocycles. The summed E-state index contributed by atoms with van der Waals surface area (Å²) in [6, 6.07) is 0.148. The van der Waals surface area contributed by atoms with E-state index >= 15 is 0 Å². The van der Waals surface area contributed by atoms with Crippen LogP contribution in [0.1, 0.15) is 20.3 Å². The van der Waals surface area contributed by atoms with E-state index in [4.69, 9.17) is 0 Å². The van der Waals surface area contributed by atoms with Crippen LogP contribution in [0.15, 0.2) is 0 Å². The lowest BCUT2D eigenvalue weighted by Crippen LogP contribution is -2.53. The van der Waals surface area contributed by atoms with Crippen LogP contribution in [0, 0.1) is 0 Å². The van der Waals surface area contributed by atoms with E-state index in [0.717, 1.165) is 6.42 Å². The summed E-state index contributed by atoms with van der Waals surface area (Å²) in [4.78, 5) is 12.4. The standard InChI is InChI=1S/C9H15F2NO2/c1-3-14-8(13)9(10,11)6-12-5-4-7(12)2/h7H,3-6H2,1-2H3. The van der Waals surface area contributed by atoms with Gasteiger partial charge in [0, 0.05) is 12.6 Å². The van der Waals surface area contributed by atoms with Crippen molar-refractivity contribution in [3.63, 3.8) is 0 Å². The summed E-state index contributed by atoms with van der Waals surface area (Å²) >= 11 is 0. The minimum atomic E-state index is -3.37. The third-order valence-corrected chi connectivity index (χ3v) is 2.43. The normalized spacial score (nSPS) is 23.0. The van der Waals surface area contributed by atoms with E-state index < -0.39 is 18.4 Å². The SMILES string of the molecule is CCOC(=O)C(F)(F)CN1CCC1C. The van der Waals surface area contributed by atoms with Gasteiger partial charge in [-0.1, -0.05) is 0 Å². The van der Waals surface area contributed by atoms with Crippen LogP contribution in [0.3, 0.4) is 0 Å². The van der Waals surface area contributed by atoms with E-state index in [2.05, 4.69) is 4.74 Å². The Balaban J connectivity index is 2.43. The van der Waals surface area contributed by atoms with Gasteiger partial charge in [-0.3, -0.25) is 4.90 Å². The lowest BCUT2D eigenvalue weighted by molar-refractivity contribution is -0.176. The summed E-state index contributed by atoms with van der Waals surface area (Å²) in [6.45, 7) is 3.48. The summed E-state index contributed by atoms with van der Waals surface area (Å²) in [6.07, 6.45) is 0.916. The molecule has 1 heterocycles. The zero-order valence-electron chi connectivity index (χ0n) is 8.43. The third kappa shape index (κ3) is 2.41. The number of ether oxygens (including phenoxy) is 1. The molecular formula is C9H15F2NO2. The van der Waals surface area contributed by atoms with Gasteiger partial charge in [0.25, 0.3) is 0 Å². The number of alkyl halides is 2. The largest absolute Gasteiger partial charge is 0.462 e. The van der Waals surface area contributed by atoms with E-state index in [-0.39, 0.29) is 12.6 Å². The minimum Gasteiger partial charge on any atom is -0.462 e. The zero-order valence-corrected chi connectivity index (χ0v) is 8.43. The molecule has 3 nitrogen and oxygen atoms in total. The predicted molar refractivity (Wildman–Crippen MR) is 47.2 cm³/mol. The van der Waals surface area contributed by atoms with Gasteiger partial charge in [0.05, 0.1) is 13.2 Å². The van der Waals surface area contributed by atoms with Gasteiger partial charge in [-0.2, -0.15) is 8.78 Å². The van der Waals surface area contributed by atoms with Crippen molar-refractivity contribution in [3.8, 4) is 0 Å². The molecule has 1 fully saturated rings. The number of esters is 1. The zero-order chi connectivity index (χ0) is 10.8. The molecule has 0 aromatic heterocycles. The molecule has 0 aromatic rings. The number of carbonyl (C=O) groups excluding carboxylic acids is 1. The molecule has 0 N–H and O–H groups in total. The average molecular weight is 207 g/mol. The van der Waals surface area contributed by atoms with Crippen LogP contribution in [0.5, 0.6) is 0 Å². The molecule has 0 bridgehead atoms. The summed E-state index contributed by atoms with van der Waals surface area (Å²) in [5.41, 5.74) is 0. The monoisotopic (exact) mass is 207 g/mol. The highest BCUT2D eigenvalue weighted by atomic mass is 19.3. The van der Waals surface area contributed by atoms with Crippen LogP contribution >= 0.6 is 0 Å². The highest BCUT2D eigenvalue weighted by molar-refractivity contribution is 5.77. The fourth-order valence-electron chi connectivity index (χ4n) is 1.36. The molecule has 0 aromatic carbocycles. The highest BCUT2D eigenvalue weighted by Gasteiger charge is 2.44. The van der Waals surface area contributed by atoms with E-state index in [9.17, 15) is 13.6 Å². The molecule has 1 aliphatic heterocycles. The fraction of sp³-hybridized carbons (Fsp3) is 0.889. The first-order chi connectivity index (χ1) is 6.47. The molecule has 5 heteroatoms. The quantitative estimate of drug-likeness (QED) is 0.650. The van der Waals surface area contributed by atoms with Gasteiger partial charge in [0.1, 0.15) is 0 Å². The first-order valence-corrected chi connectivity index (χ1v) is 4.76. The van der Waals surface area contributed by atoms with Gasteiger partial charge < -0.3 is 4.74 Å². The Hall–Kier alpha value is -0.710. The molecular weight excluding hydrogens is 192 g/mol. The van der Waals surface area contributed by atoms with Crippen molar-refractivity contribution in [1.82, 2.24) is 4.90 Å². The molecule has 1 saturated heterocycles. The maximum atomic E-state index is 13.1. The van der Waals surface area contributed by atoms with Crippen LogP contribution in [-0.4, -0.2) is 42.5 Å². The van der Waals surface area contributed by atoms with Crippen molar-refractivity contribution in [2.45, 2.75) is 32.2 Å². The number of halogens is 2. The van der Waals surface area contributed by atoms with Gasteiger partial charge in [0.15, 0.2) is 0 Å². The van der Waals surface area contributed by atoms with Crippen molar-refractivity contribution >= 4 is 5.97 Å². The topological polar surface area (TPSA) is 29.5 Å². The lowest BCUT2D eigenvalue weighted by Gasteiger charge is -2.39. The van der Waals surface area contributed by atoms with Crippen molar-refractivity contribution in [3.05, 3.63) is 0 Å². The molecule has 1 atom stereocenters. The van der Waals surface area contributed by atoms with Gasteiger partial charge in [0.2, 0.25) is 0 Å². The number of hydrogen-bond acceptors (Lipinski definition) is 3. The fourth-order valence-corrected chi connectivity index (χ4v) is 1.36. The lowest BCUT2D eigenvalue weighted by atomic mass is 10.0. The Bertz CT molecular complexity index is 221. The highest BCUT2D eigenvalue weighted by Crippen LogP contribution is 2.24. The molecule has 82 valence electrons. The van der Waals surface area contributed by atoms with E-state index in [1.165, 1.54) is 6.92 Å². The van der Waals surface area contributed by atoms with Gasteiger partial charge >= 0.3 is 11.9 Å². The molecule has 1 aliphatic rings. The molecule has 1 rings (SSSR count). The second-order valence-corrected chi connectivity index (χ2v) is 3.53. The van der Waals surface area contributed by atoms with E-state index in [1.807, 2.05) is 6.92 Å². The maximum absolute atomic E-state index is 13.1. The molecule has 0 spiro atoms. The van der Waals surface area contributed by atoms with E-state index in [1.54, 1.807) is 4.90 Å². The summed E-state index contributed by atoms with van der Waals surface area (Å²) in [5.74, 6) is -4.79. The van der Waals surface area contributed by atoms with Crippen molar-refractivity contribution in [2.24, 2.45) is 0 Å². The Morgan fingerprint density at radius 1 is 1.64 bits per heavy atom. The Labute approximate surface area is 82.0 Å².